The lowest BCUT2D eigenvalue weighted by Crippen LogP contribution is -2.20. The lowest BCUT2D eigenvalue weighted by Gasteiger charge is -2.18. The Hall–Kier alpha value is -1.71. The summed E-state index contributed by atoms with van der Waals surface area (Å²) >= 11 is 5.92. The third-order valence-electron chi connectivity index (χ3n) is 3.48. The largest absolute Gasteiger partial charge is 0.504 e. The molecule has 0 bridgehead atoms. The molecule has 2 N–H and O–H groups in total. The standard InChI is InChI=1S/C17H20ClNO2/c1-3-15(13-5-7-14(18)8-6-13)19-11-12-4-9-16(20)17(10-12)21-2/h4-10,15,19-20H,3,11H2,1-2H3. The predicted octanol–water partition coefficient (Wildman–Crippen LogP) is 4.30. The van der Waals surface area contributed by atoms with Crippen LogP contribution in [0.5, 0.6) is 11.5 Å². The van der Waals surface area contributed by atoms with Gasteiger partial charge in [0.15, 0.2) is 11.5 Å². The SMILES string of the molecule is CCC(NCc1ccc(O)c(OC)c1)c1ccc(Cl)cc1. The van der Waals surface area contributed by atoms with Crippen LogP contribution in [0.2, 0.25) is 5.02 Å². The molecular formula is C17H20ClNO2. The second-order valence-electron chi connectivity index (χ2n) is 4.90. The van der Waals surface area contributed by atoms with Crippen LogP contribution in [0.15, 0.2) is 42.5 Å². The van der Waals surface area contributed by atoms with E-state index in [-0.39, 0.29) is 11.8 Å². The molecule has 0 spiro atoms. The minimum atomic E-state index is 0.158. The molecule has 4 heteroatoms. The molecule has 0 aromatic heterocycles. The molecule has 0 aliphatic rings. The lowest BCUT2D eigenvalue weighted by atomic mass is 10.0. The fourth-order valence-electron chi connectivity index (χ4n) is 2.27. The highest BCUT2D eigenvalue weighted by Gasteiger charge is 2.09. The maximum Gasteiger partial charge on any atom is 0.160 e. The average Bonchev–Trinajstić information content (AvgIpc) is 2.51. The topological polar surface area (TPSA) is 41.5 Å². The predicted molar refractivity (Wildman–Crippen MR) is 86.0 cm³/mol. The van der Waals surface area contributed by atoms with Gasteiger partial charge in [0, 0.05) is 17.6 Å². The number of phenols is 1. The summed E-state index contributed by atoms with van der Waals surface area (Å²) in [5.41, 5.74) is 2.28. The highest BCUT2D eigenvalue weighted by Crippen LogP contribution is 2.27. The minimum absolute atomic E-state index is 0.158. The van der Waals surface area contributed by atoms with E-state index in [9.17, 15) is 5.11 Å². The van der Waals surface area contributed by atoms with E-state index in [1.54, 1.807) is 13.2 Å². The Labute approximate surface area is 130 Å². The average molecular weight is 306 g/mol. The zero-order valence-corrected chi connectivity index (χ0v) is 13.0. The van der Waals surface area contributed by atoms with E-state index in [4.69, 9.17) is 16.3 Å². The molecule has 0 radical (unpaired) electrons. The van der Waals surface area contributed by atoms with Gasteiger partial charge in [0.05, 0.1) is 7.11 Å². The Morgan fingerprint density at radius 3 is 2.52 bits per heavy atom. The Morgan fingerprint density at radius 1 is 1.19 bits per heavy atom. The van der Waals surface area contributed by atoms with Gasteiger partial charge in [-0.3, -0.25) is 0 Å². The summed E-state index contributed by atoms with van der Waals surface area (Å²) in [7, 11) is 1.55. The van der Waals surface area contributed by atoms with Crippen LogP contribution in [0.25, 0.3) is 0 Å². The van der Waals surface area contributed by atoms with Crippen LogP contribution in [0.1, 0.15) is 30.5 Å². The number of halogens is 1. The van der Waals surface area contributed by atoms with Crippen molar-refractivity contribution in [3.05, 3.63) is 58.6 Å². The van der Waals surface area contributed by atoms with Gasteiger partial charge in [0.25, 0.3) is 0 Å². The summed E-state index contributed by atoms with van der Waals surface area (Å²) in [6.45, 7) is 2.85. The Kier molecular flexibility index (Phi) is 5.48. The van der Waals surface area contributed by atoms with Gasteiger partial charge in [-0.1, -0.05) is 36.7 Å². The molecule has 2 aromatic rings. The number of nitrogens with one attached hydrogen (secondary N) is 1. The van der Waals surface area contributed by atoms with Crippen LogP contribution in [-0.2, 0) is 6.54 Å². The molecule has 1 atom stereocenters. The number of aromatic hydroxyl groups is 1. The molecule has 2 aromatic carbocycles. The summed E-state index contributed by atoms with van der Waals surface area (Å²) in [6.07, 6.45) is 0.983. The molecule has 0 aliphatic heterocycles. The van der Waals surface area contributed by atoms with E-state index < -0.39 is 0 Å². The first kappa shape index (κ1) is 15.7. The third kappa shape index (κ3) is 4.13. The van der Waals surface area contributed by atoms with Crippen molar-refractivity contribution in [2.24, 2.45) is 0 Å². The number of benzene rings is 2. The van der Waals surface area contributed by atoms with Crippen molar-refractivity contribution in [3.63, 3.8) is 0 Å². The van der Waals surface area contributed by atoms with Gasteiger partial charge in [-0.05, 0) is 41.8 Å². The summed E-state index contributed by atoms with van der Waals surface area (Å²) in [5, 5.41) is 13.9. The third-order valence-corrected chi connectivity index (χ3v) is 3.73. The molecule has 21 heavy (non-hydrogen) atoms. The van der Waals surface area contributed by atoms with Crippen LogP contribution in [0.3, 0.4) is 0 Å². The van der Waals surface area contributed by atoms with Crippen molar-refractivity contribution in [2.45, 2.75) is 25.9 Å². The van der Waals surface area contributed by atoms with E-state index in [0.717, 1.165) is 17.0 Å². The number of hydrogen-bond donors (Lipinski definition) is 2. The van der Waals surface area contributed by atoms with Crippen LogP contribution < -0.4 is 10.1 Å². The molecule has 0 saturated carbocycles. The van der Waals surface area contributed by atoms with Crippen LogP contribution >= 0.6 is 11.6 Å². The summed E-state index contributed by atoms with van der Waals surface area (Å²) in [5.74, 6) is 0.653. The number of methoxy groups -OCH3 is 1. The van der Waals surface area contributed by atoms with Crippen molar-refractivity contribution >= 4 is 11.6 Å². The number of phenolic OH excluding ortho intramolecular Hbond substituents is 1. The van der Waals surface area contributed by atoms with E-state index >= 15 is 0 Å². The molecule has 2 rings (SSSR count). The maximum atomic E-state index is 9.60. The first-order valence-corrected chi connectivity index (χ1v) is 7.36. The van der Waals surface area contributed by atoms with Gasteiger partial charge in [0.2, 0.25) is 0 Å². The molecule has 112 valence electrons. The highest BCUT2D eigenvalue weighted by atomic mass is 35.5. The van der Waals surface area contributed by atoms with E-state index in [0.29, 0.717) is 12.3 Å². The molecule has 0 saturated heterocycles. The Bertz CT molecular complexity index is 584. The van der Waals surface area contributed by atoms with Crippen LogP contribution in [-0.4, -0.2) is 12.2 Å². The summed E-state index contributed by atoms with van der Waals surface area (Å²) < 4.78 is 5.12. The minimum Gasteiger partial charge on any atom is -0.504 e. The summed E-state index contributed by atoms with van der Waals surface area (Å²) in [4.78, 5) is 0. The van der Waals surface area contributed by atoms with Gasteiger partial charge in [0.1, 0.15) is 0 Å². The van der Waals surface area contributed by atoms with E-state index in [2.05, 4.69) is 12.2 Å². The first-order chi connectivity index (χ1) is 10.1. The Balaban J connectivity index is 2.04. The van der Waals surface area contributed by atoms with Crippen LogP contribution in [0, 0.1) is 0 Å². The highest BCUT2D eigenvalue weighted by molar-refractivity contribution is 6.30. The molecule has 0 amide bonds. The van der Waals surface area contributed by atoms with Gasteiger partial charge in [-0.2, -0.15) is 0 Å². The summed E-state index contributed by atoms with van der Waals surface area (Å²) in [6, 6.07) is 13.6. The zero-order chi connectivity index (χ0) is 15.2. The molecule has 1 unspecified atom stereocenters. The lowest BCUT2D eigenvalue weighted by molar-refractivity contribution is 0.372. The second-order valence-corrected chi connectivity index (χ2v) is 5.34. The fourth-order valence-corrected chi connectivity index (χ4v) is 2.39. The van der Waals surface area contributed by atoms with Crippen LogP contribution in [0.4, 0.5) is 0 Å². The van der Waals surface area contributed by atoms with Crippen molar-refractivity contribution in [1.82, 2.24) is 5.32 Å². The monoisotopic (exact) mass is 305 g/mol. The Morgan fingerprint density at radius 2 is 1.90 bits per heavy atom. The van der Waals surface area contributed by atoms with Gasteiger partial charge in [-0.15, -0.1) is 0 Å². The molecule has 0 fully saturated rings. The van der Waals surface area contributed by atoms with Crippen molar-refractivity contribution < 1.29 is 9.84 Å². The quantitative estimate of drug-likeness (QED) is 0.836. The van der Waals surface area contributed by atoms with Gasteiger partial charge in [-0.25, -0.2) is 0 Å². The van der Waals surface area contributed by atoms with Crippen molar-refractivity contribution in [3.8, 4) is 11.5 Å². The molecule has 0 heterocycles. The molecular weight excluding hydrogens is 286 g/mol. The zero-order valence-electron chi connectivity index (χ0n) is 12.3. The van der Waals surface area contributed by atoms with Crippen molar-refractivity contribution in [2.75, 3.05) is 7.11 Å². The number of rotatable bonds is 6. The maximum absolute atomic E-state index is 9.60. The van der Waals surface area contributed by atoms with E-state index in [1.807, 2.05) is 36.4 Å². The molecule has 0 aliphatic carbocycles. The first-order valence-electron chi connectivity index (χ1n) is 6.98. The smallest absolute Gasteiger partial charge is 0.160 e. The number of hydrogen-bond acceptors (Lipinski definition) is 3. The van der Waals surface area contributed by atoms with Gasteiger partial charge >= 0.3 is 0 Å². The number of ether oxygens (including phenoxy) is 1. The molecule has 3 nitrogen and oxygen atoms in total. The second kappa shape index (κ2) is 7.34. The van der Waals surface area contributed by atoms with E-state index in [1.165, 1.54) is 5.56 Å². The van der Waals surface area contributed by atoms with Crippen molar-refractivity contribution in [1.29, 1.82) is 0 Å². The normalized spacial score (nSPS) is 12.1. The fraction of sp³-hybridized carbons (Fsp3) is 0.294. The van der Waals surface area contributed by atoms with Gasteiger partial charge < -0.3 is 15.2 Å².